The van der Waals surface area contributed by atoms with E-state index in [0.717, 1.165) is 48.9 Å². The van der Waals surface area contributed by atoms with E-state index < -0.39 is 5.97 Å². The molecule has 33 heavy (non-hydrogen) atoms. The molecule has 5 rings (SSSR count). The van der Waals surface area contributed by atoms with Crippen molar-refractivity contribution in [2.45, 2.75) is 36.2 Å². The molecule has 2 N–H and O–H groups in total. The number of hydrogen-bond donors (Lipinski definition) is 2. The Balaban J connectivity index is 1.47. The lowest BCUT2D eigenvalue weighted by Gasteiger charge is -2.20. The summed E-state index contributed by atoms with van der Waals surface area (Å²) in [5, 5.41) is 16.4. The van der Waals surface area contributed by atoms with E-state index in [1.165, 1.54) is 16.3 Å². The predicted octanol–water partition coefficient (Wildman–Crippen LogP) is 5.54. The van der Waals surface area contributed by atoms with Crippen LogP contribution in [0.1, 0.15) is 45.9 Å². The highest BCUT2D eigenvalue weighted by Gasteiger charge is 2.21. The first-order valence-corrected chi connectivity index (χ1v) is 12.4. The summed E-state index contributed by atoms with van der Waals surface area (Å²) in [6, 6.07) is 22.1. The number of imidazole rings is 1. The Labute approximate surface area is 197 Å². The van der Waals surface area contributed by atoms with E-state index in [1.54, 1.807) is 23.9 Å². The van der Waals surface area contributed by atoms with Crippen molar-refractivity contribution in [1.29, 1.82) is 0 Å². The number of nitrogens with zero attached hydrogens (tertiary/aromatic N) is 2. The topological polar surface area (TPSA) is 67.2 Å². The first kappa shape index (κ1) is 21.7. The molecule has 1 aliphatic rings. The molecule has 1 fully saturated rings. The van der Waals surface area contributed by atoms with E-state index in [4.69, 9.17) is 4.98 Å². The summed E-state index contributed by atoms with van der Waals surface area (Å²) in [6.07, 6.45) is 4.40. The Morgan fingerprint density at radius 1 is 1.00 bits per heavy atom. The summed E-state index contributed by atoms with van der Waals surface area (Å²) in [4.78, 5) is 16.7. The van der Waals surface area contributed by atoms with Crippen LogP contribution in [0.5, 0.6) is 0 Å². The second-order valence-electron chi connectivity index (χ2n) is 8.49. The zero-order chi connectivity index (χ0) is 22.6. The van der Waals surface area contributed by atoms with E-state index in [2.05, 4.69) is 58.5 Å². The second-order valence-corrected chi connectivity index (χ2v) is 9.43. The molecule has 0 aliphatic carbocycles. The fourth-order valence-corrected chi connectivity index (χ4v) is 5.56. The third-order valence-corrected chi connectivity index (χ3v) is 7.38. The zero-order valence-corrected chi connectivity index (χ0v) is 19.2. The number of benzene rings is 3. The largest absolute Gasteiger partial charge is 0.478 e. The number of fused-ring (bicyclic) bond motifs is 1. The van der Waals surface area contributed by atoms with Gasteiger partial charge in [-0.3, -0.25) is 0 Å². The lowest BCUT2D eigenvalue weighted by Crippen LogP contribution is -2.26. The smallest absolute Gasteiger partial charge is 0.335 e. The van der Waals surface area contributed by atoms with Crippen LogP contribution in [0.25, 0.3) is 10.8 Å². The van der Waals surface area contributed by atoms with Gasteiger partial charge in [0.05, 0.1) is 17.8 Å². The number of hydrogen-bond acceptors (Lipinski definition) is 4. The number of carboxylic acid groups (broad SMARTS) is 1. The quantitative estimate of drug-likeness (QED) is 0.357. The summed E-state index contributed by atoms with van der Waals surface area (Å²) < 4.78 is 2.24. The van der Waals surface area contributed by atoms with Crippen molar-refractivity contribution >= 4 is 28.5 Å². The minimum absolute atomic E-state index is 0.357. The number of aromatic carboxylic acids is 1. The zero-order valence-electron chi connectivity index (χ0n) is 18.4. The molecule has 1 saturated heterocycles. The summed E-state index contributed by atoms with van der Waals surface area (Å²) in [5.41, 5.74) is 3.58. The van der Waals surface area contributed by atoms with Crippen LogP contribution < -0.4 is 5.32 Å². The molecule has 0 saturated carbocycles. The van der Waals surface area contributed by atoms with Crippen LogP contribution in [0, 0.1) is 0 Å². The van der Waals surface area contributed by atoms with E-state index in [1.807, 2.05) is 12.1 Å². The average Bonchev–Trinajstić information content (AvgIpc) is 3.26. The molecule has 0 atom stereocenters. The Kier molecular flexibility index (Phi) is 6.46. The van der Waals surface area contributed by atoms with Gasteiger partial charge in [0.2, 0.25) is 0 Å². The van der Waals surface area contributed by atoms with Gasteiger partial charge < -0.3 is 15.0 Å². The number of nitrogens with one attached hydrogen (secondary N) is 1. The van der Waals surface area contributed by atoms with Crippen LogP contribution in [0.15, 0.2) is 78.1 Å². The maximum atomic E-state index is 11.6. The highest BCUT2D eigenvalue weighted by atomic mass is 32.2. The molecule has 3 aromatic carbocycles. The van der Waals surface area contributed by atoms with E-state index in [9.17, 15) is 9.90 Å². The summed E-state index contributed by atoms with van der Waals surface area (Å²) in [7, 11) is 0. The molecule has 0 amide bonds. The Morgan fingerprint density at radius 3 is 2.58 bits per heavy atom. The summed E-state index contributed by atoms with van der Waals surface area (Å²) in [5.74, 6) is 0.145. The fourth-order valence-electron chi connectivity index (χ4n) is 4.57. The number of piperidine rings is 1. The van der Waals surface area contributed by atoms with E-state index >= 15 is 0 Å². The van der Waals surface area contributed by atoms with Gasteiger partial charge in [-0.1, -0.05) is 72.4 Å². The highest BCUT2D eigenvalue weighted by molar-refractivity contribution is 7.98. The van der Waals surface area contributed by atoms with E-state index in [-0.39, 0.29) is 0 Å². The summed E-state index contributed by atoms with van der Waals surface area (Å²) >= 11 is 1.61. The van der Waals surface area contributed by atoms with Crippen LogP contribution in [-0.4, -0.2) is 33.7 Å². The molecule has 4 aromatic rings. The molecule has 6 heteroatoms. The minimum Gasteiger partial charge on any atom is -0.478 e. The fraction of sp³-hybridized carbons (Fsp3) is 0.259. The maximum Gasteiger partial charge on any atom is 0.335 e. The number of carboxylic acids is 1. The maximum absolute atomic E-state index is 11.6. The molecule has 2 heterocycles. The minimum atomic E-state index is -0.888. The van der Waals surface area contributed by atoms with Crippen LogP contribution in [0.3, 0.4) is 0 Å². The SMILES string of the molecule is O=C(O)c1ccccc1CSc1nc(C2CCNCC2)cn1Cc1cccc2ccccc12. The monoisotopic (exact) mass is 457 g/mol. The van der Waals surface area contributed by atoms with Crippen molar-refractivity contribution in [2.75, 3.05) is 13.1 Å². The molecule has 0 radical (unpaired) electrons. The van der Waals surface area contributed by atoms with E-state index in [0.29, 0.717) is 17.2 Å². The lowest BCUT2D eigenvalue weighted by atomic mass is 9.95. The standard InChI is InChI=1S/C27H27N3O2S/c31-26(32)24-11-4-2-7-22(24)18-33-27-29-25(20-12-14-28-15-13-20)17-30(27)16-21-9-5-8-19-6-1-3-10-23(19)21/h1-11,17,20,28H,12-16,18H2,(H,31,32). The van der Waals surface area contributed by atoms with Gasteiger partial charge in [0.1, 0.15) is 0 Å². The van der Waals surface area contributed by atoms with Gasteiger partial charge in [0, 0.05) is 17.9 Å². The van der Waals surface area contributed by atoms with Crippen LogP contribution >= 0.6 is 11.8 Å². The third kappa shape index (κ3) is 4.82. The van der Waals surface area contributed by atoms with Crippen LogP contribution in [-0.2, 0) is 12.3 Å². The molecule has 1 aliphatic heterocycles. The predicted molar refractivity (Wildman–Crippen MR) is 133 cm³/mol. The van der Waals surface area contributed by atoms with Gasteiger partial charge in [-0.15, -0.1) is 0 Å². The molecule has 0 bridgehead atoms. The van der Waals surface area contributed by atoms with Gasteiger partial charge in [-0.2, -0.15) is 0 Å². The third-order valence-electron chi connectivity index (χ3n) is 6.34. The Hall–Kier alpha value is -3.09. The van der Waals surface area contributed by atoms with Gasteiger partial charge in [-0.05, 0) is 53.9 Å². The molecule has 0 unspecified atom stereocenters. The normalized spacial score (nSPS) is 14.5. The molecule has 168 valence electrons. The van der Waals surface area contributed by atoms with Crippen LogP contribution in [0.4, 0.5) is 0 Å². The van der Waals surface area contributed by atoms with Crippen molar-refractivity contribution in [3.8, 4) is 0 Å². The van der Waals surface area contributed by atoms with Crippen molar-refractivity contribution < 1.29 is 9.90 Å². The molecule has 1 aromatic heterocycles. The molecule has 5 nitrogen and oxygen atoms in total. The first-order chi connectivity index (χ1) is 16.2. The first-order valence-electron chi connectivity index (χ1n) is 11.4. The molecule has 0 spiro atoms. The number of carbonyl (C=O) groups is 1. The highest BCUT2D eigenvalue weighted by Crippen LogP contribution is 2.31. The molecular weight excluding hydrogens is 430 g/mol. The number of rotatable bonds is 7. The number of aromatic nitrogens is 2. The van der Waals surface area contributed by atoms with Crippen molar-refractivity contribution in [3.05, 3.63) is 95.3 Å². The Morgan fingerprint density at radius 2 is 1.73 bits per heavy atom. The van der Waals surface area contributed by atoms with Gasteiger partial charge in [0.25, 0.3) is 0 Å². The average molecular weight is 458 g/mol. The van der Waals surface area contributed by atoms with Crippen molar-refractivity contribution in [1.82, 2.24) is 14.9 Å². The lowest BCUT2D eigenvalue weighted by molar-refractivity contribution is 0.0696. The van der Waals surface area contributed by atoms with Gasteiger partial charge in [-0.25, -0.2) is 9.78 Å². The molecular formula is C27H27N3O2S. The van der Waals surface area contributed by atoms with Crippen LogP contribution in [0.2, 0.25) is 0 Å². The van der Waals surface area contributed by atoms with Gasteiger partial charge in [0.15, 0.2) is 5.16 Å². The van der Waals surface area contributed by atoms with Crippen molar-refractivity contribution in [3.63, 3.8) is 0 Å². The Bertz CT molecular complexity index is 1270. The number of thioether (sulfide) groups is 1. The van der Waals surface area contributed by atoms with Crippen molar-refractivity contribution in [2.24, 2.45) is 0 Å². The van der Waals surface area contributed by atoms with Gasteiger partial charge >= 0.3 is 5.97 Å². The second kappa shape index (κ2) is 9.81. The summed E-state index contributed by atoms with van der Waals surface area (Å²) in [6.45, 7) is 2.78.